The summed E-state index contributed by atoms with van der Waals surface area (Å²) in [6.07, 6.45) is 9.47. The van der Waals surface area contributed by atoms with E-state index >= 15 is 0 Å². The van der Waals surface area contributed by atoms with Crippen LogP contribution in [0.15, 0.2) is 4.99 Å². The van der Waals surface area contributed by atoms with Crippen molar-refractivity contribution < 1.29 is 0 Å². The Morgan fingerprint density at radius 2 is 1.79 bits per heavy atom. The maximum absolute atomic E-state index is 4.99. The molecule has 108 valence electrons. The number of thioether (sulfide) groups is 1. The van der Waals surface area contributed by atoms with Crippen LogP contribution >= 0.6 is 11.8 Å². The fourth-order valence-electron chi connectivity index (χ4n) is 3.74. The highest BCUT2D eigenvalue weighted by Crippen LogP contribution is 2.34. The molecule has 0 spiro atoms. The number of aliphatic imine (C=N–C) groups is 1. The second-order valence-corrected chi connectivity index (χ2v) is 7.51. The predicted molar refractivity (Wildman–Crippen MR) is 83.4 cm³/mol. The predicted octanol–water partition coefficient (Wildman–Crippen LogP) is 3.42. The molecule has 3 aliphatic rings. The molecule has 4 atom stereocenters. The molecular formula is C15H27N3S. The number of amidine groups is 1. The number of fused-ring (bicyclic) bond motifs is 1. The lowest BCUT2D eigenvalue weighted by molar-refractivity contribution is 0.0748. The Morgan fingerprint density at radius 3 is 2.58 bits per heavy atom. The second kappa shape index (κ2) is 6.04. The van der Waals surface area contributed by atoms with E-state index in [-0.39, 0.29) is 0 Å². The fraction of sp³-hybridized carbons (Fsp3) is 0.933. The van der Waals surface area contributed by atoms with Crippen molar-refractivity contribution in [2.24, 2.45) is 10.9 Å². The summed E-state index contributed by atoms with van der Waals surface area (Å²) >= 11 is 1.94. The van der Waals surface area contributed by atoms with Gasteiger partial charge in [0.1, 0.15) is 0 Å². The van der Waals surface area contributed by atoms with Gasteiger partial charge in [0.25, 0.3) is 0 Å². The highest BCUT2D eigenvalue weighted by atomic mass is 32.2. The van der Waals surface area contributed by atoms with Gasteiger partial charge in [-0.1, -0.05) is 31.0 Å². The summed E-state index contributed by atoms with van der Waals surface area (Å²) in [6, 6.07) is 1.88. The molecule has 1 N–H and O–H groups in total. The van der Waals surface area contributed by atoms with Crippen LogP contribution in [0.4, 0.5) is 0 Å². The van der Waals surface area contributed by atoms with Crippen LogP contribution < -0.4 is 5.43 Å². The number of piperidine rings is 1. The highest BCUT2D eigenvalue weighted by molar-refractivity contribution is 8.13. The first-order chi connectivity index (χ1) is 9.24. The molecule has 2 aliphatic heterocycles. The number of nitrogens with one attached hydrogen (secondary N) is 1. The second-order valence-electron chi connectivity index (χ2n) is 6.51. The van der Waals surface area contributed by atoms with Crippen molar-refractivity contribution >= 4 is 16.9 Å². The quantitative estimate of drug-likeness (QED) is 0.798. The summed E-state index contributed by atoms with van der Waals surface area (Å²) in [5.41, 5.74) is 3.64. The minimum atomic E-state index is 0.605. The van der Waals surface area contributed by atoms with E-state index in [0.717, 1.165) is 5.92 Å². The lowest BCUT2D eigenvalue weighted by Gasteiger charge is -2.41. The number of rotatable bonds is 1. The first-order valence-corrected chi connectivity index (χ1v) is 8.98. The first-order valence-electron chi connectivity index (χ1n) is 7.99. The molecule has 0 radical (unpaired) electrons. The van der Waals surface area contributed by atoms with Crippen molar-refractivity contribution in [3.63, 3.8) is 0 Å². The fourth-order valence-corrected chi connectivity index (χ4v) is 4.88. The Bertz CT molecular complexity index is 334. The molecule has 3 nitrogen and oxygen atoms in total. The summed E-state index contributed by atoms with van der Waals surface area (Å²) < 4.78 is 0. The van der Waals surface area contributed by atoms with E-state index in [1.165, 1.54) is 55.9 Å². The van der Waals surface area contributed by atoms with Crippen molar-refractivity contribution in [3.8, 4) is 0 Å². The van der Waals surface area contributed by atoms with Crippen LogP contribution in [0.25, 0.3) is 0 Å². The molecular weight excluding hydrogens is 254 g/mol. The molecule has 0 aromatic rings. The number of hydrazine groups is 1. The lowest BCUT2D eigenvalue weighted by atomic mass is 9.86. The van der Waals surface area contributed by atoms with Gasteiger partial charge in [-0.3, -0.25) is 10.4 Å². The van der Waals surface area contributed by atoms with Gasteiger partial charge < -0.3 is 0 Å². The van der Waals surface area contributed by atoms with Gasteiger partial charge in [-0.05, 0) is 45.4 Å². The third-order valence-corrected chi connectivity index (χ3v) is 6.07. The lowest BCUT2D eigenvalue weighted by Crippen LogP contribution is -2.54. The Kier molecular flexibility index (Phi) is 4.37. The summed E-state index contributed by atoms with van der Waals surface area (Å²) in [5.74, 6) is 2.12. The van der Waals surface area contributed by atoms with Gasteiger partial charge in [-0.25, -0.2) is 5.01 Å². The van der Waals surface area contributed by atoms with Crippen LogP contribution in [-0.4, -0.2) is 34.1 Å². The van der Waals surface area contributed by atoms with Crippen LogP contribution in [0.5, 0.6) is 0 Å². The Labute approximate surface area is 121 Å². The standard InChI is InChI=1S/C15H27N3S/c1-11-6-5-7-12(2)18(11)17-15-16-14-9-4-3-8-13(14)10-19-15/h11-14H,3-10H2,1-2H3,(H,16,17). The van der Waals surface area contributed by atoms with E-state index in [4.69, 9.17) is 4.99 Å². The van der Waals surface area contributed by atoms with Gasteiger partial charge in [0.15, 0.2) is 5.17 Å². The first kappa shape index (κ1) is 13.7. The van der Waals surface area contributed by atoms with E-state index in [1.807, 2.05) is 11.8 Å². The number of hydrogen-bond donors (Lipinski definition) is 1. The monoisotopic (exact) mass is 281 g/mol. The summed E-state index contributed by atoms with van der Waals surface area (Å²) in [5, 5.41) is 3.63. The van der Waals surface area contributed by atoms with Crippen LogP contribution in [0.1, 0.15) is 58.8 Å². The highest BCUT2D eigenvalue weighted by Gasteiger charge is 2.31. The molecule has 0 aromatic carbocycles. The normalized spacial score (nSPS) is 40.4. The summed E-state index contributed by atoms with van der Waals surface area (Å²) in [6.45, 7) is 4.67. The molecule has 1 aliphatic carbocycles. The van der Waals surface area contributed by atoms with E-state index in [9.17, 15) is 0 Å². The molecule has 4 unspecified atom stereocenters. The van der Waals surface area contributed by atoms with Crippen molar-refractivity contribution in [2.75, 3.05) is 5.75 Å². The smallest absolute Gasteiger partial charge is 0.171 e. The van der Waals surface area contributed by atoms with E-state index in [1.54, 1.807) is 0 Å². The third-order valence-electron chi connectivity index (χ3n) is 5.00. The van der Waals surface area contributed by atoms with Crippen LogP contribution in [0.2, 0.25) is 0 Å². The molecule has 0 aromatic heterocycles. The van der Waals surface area contributed by atoms with Crippen molar-refractivity contribution in [3.05, 3.63) is 0 Å². The third kappa shape index (κ3) is 3.10. The number of nitrogens with zero attached hydrogens (tertiary/aromatic N) is 2. The van der Waals surface area contributed by atoms with Gasteiger partial charge in [0.05, 0.1) is 6.04 Å². The van der Waals surface area contributed by atoms with Crippen molar-refractivity contribution in [1.29, 1.82) is 0 Å². The molecule has 1 saturated heterocycles. The molecule has 1 saturated carbocycles. The topological polar surface area (TPSA) is 27.6 Å². The SMILES string of the molecule is CC1CCCC(C)N1NC1=NC2CCCCC2CS1. The molecule has 19 heavy (non-hydrogen) atoms. The molecule has 2 heterocycles. The molecule has 0 amide bonds. The van der Waals surface area contributed by atoms with E-state index < -0.39 is 0 Å². The van der Waals surface area contributed by atoms with Gasteiger partial charge in [-0.15, -0.1) is 0 Å². The van der Waals surface area contributed by atoms with Gasteiger partial charge in [-0.2, -0.15) is 0 Å². The largest absolute Gasteiger partial charge is 0.297 e. The van der Waals surface area contributed by atoms with Crippen LogP contribution in [-0.2, 0) is 0 Å². The van der Waals surface area contributed by atoms with Gasteiger partial charge >= 0.3 is 0 Å². The average molecular weight is 281 g/mol. The Morgan fingerprint density at radius 1 is 1.05 bits per heavy atom. The van der Waals surface area contributed by atoms with Gasteiger partial charge in [0, 0.05) is 17.8 Å². The zero-order valence-electron chi connectivity index (χ0n) is 12.3. The van der Waals surface area contributed by atoms with Crippen LogP contribution in [0, 0.1) is 5.92 Å². The Balaban J connectivity index is 1.64. The minimum absolute atomic E-state index is 0.605. The molecule has 3 rings (SSSR count). The van der Waals surface area contributed by atoms with Crippen molar-refractivity contribution in [1.82, 2.24) is 10.4 Å². The van der Waals surface area contributed by atoms with E-state index in [0.29, 0.717) is 18.1 Å². The maximum atomic E-state index is 4.99. The number of hydrogen-bond acceptors (Lipinski definition) is 4. The van der Waals surface area contributed by atoms with Crippen LogP contribution in [0.3, 0.4) is 0 Å². The summed E-state index contributed by atoms with van der Waals surface area (Å²) in [4.78, 5) is 4.99. The zero-order valence-corrected chi connectivity index (χ0v) is 13.1. The average Bonchev–Trinajstić information content (AvgIpc) is 2.43. The summed E-state index contributed by atoms with van der Waals surface area (Å²) in [7, 11) is 0. The molecule has 2 fully saturated rings. The molecule has 4 heteroatoms. The zero-order chi connectivity index (χ0) is 13.2. The van der Waals surface area contributed by atoms with Crippen molar-refractivity contribution in [2.45, 2.75) is 76.9 Å². The van der Waals surface area contributed by atoms with Gasteiger partial charge in [0.2, 0.25) is 0 Å². The Hall–Kier alpha value is -0.220. The van der Waals surface area contributed by atoms with E-state index in [2.05, 4.69) is 24.3 Å². The molecule has 0 bridgehead atoms. The maximum Gasteiger partial charge on any atom is 0.171 e. The minimum Gasteiger partial charge on any atom is -0.297 e.